The number of hydrogen-bond acceptors (Lipinski definition) is 8. The van der Waals surface area contributed by atoms with Crippen molar-refractivity contribution < 1.29 is 17.9 Å². The third kappa shape index (κ3) is 4.98. The first-order valence-corrected chi connectivity index (χ1v) is 13.3. The predicted octanol–water partition coefficient (Wildman–Crippen LogP) is 2.06. The molecule has 0 radical (unpaired) electrons. The third-order valence-corrected chi connectivity index (χ3v) is 8.34. The largest absolute Gasteiger partial charge is 0.378 e. The normalized spacial score (nSPS) is 17.1. The Morgan fingerprint density at radius 3 is 2.54 bits per heavy atom. The summed E-state index contributed by atoms with van der Waals surface area (Å²) in [5, 5.41) is 5.51. The molecule has 2 aliphatic rings. The van der Waals surface area contributed by atoms with Crippen LogP contribution in [-0.4, -0.2) is 66.9 Å². The van der Waals surface area contributed by atoms with Crippen molar-refractivity contribution in [2.45, 2.75) is 24.1 Å². The van der Waals surface area contributed by atoms with Crippen LogP contribution in [0.25, 0.3) is 11.4 Å². The van der Waals surface area contributed by atoms with Crippen LogP contribution in [0.2, 0.25) is 0 Å². The average molecular weight is 498 g/mol. The second kappa shape index (κ2) is 9.27. The van der Waals surface area contributed by atoms with Crippen molar-refractivity contribution in [2.75, 3.05) is 42.8 Å². The van der Waals surface area contributed by atoms with E-state index in [4.69, 9.17) is 9.72 Å². The molecule has 0 spiro atoms. The Hall–Kier alpha value is -3.51. The van der Waals surface area contributed by atoms with Gasteiger partial charge < -0.3 is 25.3 Å². The number of amides is 2. The maximum Gasteiger partial charge on any atom is 0.319 e. The number of carbonyl (C=O) groups is 1. The first-order valence-electron chi connectivity index (χ1n) is 11.4. The predicted molar refractivity (Wildman–Crippen MR) is 131 cm³/mol. The third-order valence-electron chi connectivity index (χ3n) is 6.30. The first-order chi connectivity index (χ1) is 16.8. The molecular weight excluding hydrogens is 470 g/mol. The van der Waals surface area contributed by atoms with Gasteiger partial charge >= 0.3 is 6.03 Å². The second-order valence-corrected chi connectivity index (χ2v) is 11.0. The maximum absolute atomic E-state index is 12.6. The van der Waals surface area contributed by atoms with Crippen molar-refractivity contribution >= 4 is 27.4 Å². The molecule has 1 aliphatic heterocycles. The number of rotatable bonds is 7. The number of carbonyl (C=O) groups excluding carboxylic acids is 1. The van der Waals surface area contributed by atoms with Crippen molar-refractivity contribution in [3.8, 4) is 11.4 Å². The Balaban J connectivity index is 1.38. The monoisotopic (exact) mass is 497 g/mol. The van der Waals surface area contributed by atoms with Crippen LogP contribution in [0, 0.1) is 0 Å². The number of sulfone groups is 1. The number of ether oxygens (including phenoxy) is 1. The number of aromatic nitrogens is 4. The van der Waals surface area contributed by atoms with Crippen molar-refractivity contribution in [2.24, 2.45) is 0 Å². The summed E-state index contributed by atoms with van der Waals surface area (Å²) in [4.78, 5) is 30.7. The number of aromatic amines is 1. The zero-order valence-electron chi connectivity index (χ0n) is 19.3. The van der Waals surface area contributed by atoms with E-state index in [0.717, 1.165) is 5.56 Å². The van der Waals surface area contributed by atoms with E-state index in [1.807, 2.05) is 18.2 Å². The Kier molecular flexibility index (Phi) is 6.15. The summed E-state index contributed by atoms with van der Waals surface area (Å²) < 4.78 is 29.7. The second-order valence-electron chi connectivity index (χ2n) is 8.72. The lowest BCUT2D eigenvalue weighted by Gasteiger charge is -2.29. The van der Waals surface area contributed by atoms with Gasteiger partial charge in [0, 0.05) is 49.1 Å². The fourth-order valence-electron chi connectivity index (χ4n) is 4.12. The summed E-state index contributed by atoms with van der Waals surface area (Å²) in [6.45, 7) is 2.82. The molecule has 1 saturated heterocycles. The lowest BCUT2D eigenvalue weighted by Crippen LogP contribution is -2.37. The highest BCUT2D eigenvalue weighted by Crippen LogP contribution is 2.52. The number of imidazole rings is 1. The number of benzene rings is 1. The first kappa shape index (κ1) is 23.2. The van der Waals surface area contributed by atoms with E-state index in [0.29, 0.717) is 68.0 Å². The zero-order chi connectivity index (χ0) is 24.5. The summed E-state index contributed by atoms with van der Waals surface area (Å²) in [6, 6.07) is 8.59. The highest BCUT2D eigenvalue weighted by Gasteiger charge is 2.55. The van der Waals surface area contributed by atoms with Crippen LogP contribution >= 0.6 is 0 Å². The average Bonchev–Trinajstić information content (AvgIpc) is 3.53. The van der Waals surface area contributed by atoms with Gasteiger partial charge in [-0.1, -0.05) is 0 Å². The standard InChI is InChI=1S/C23H27N7O4S/c1-35(32,33)23(6-7-23)18-14-20(30-10-12-34-13-11-30)29-21(28-18)16-2-4-17(5-3-16)27-22(31)26-15-19-24-8-9-25-19/h2-5,8-9,14H,6-7,10-13,15H2,1H3,(H,24,25)(H2,26,27,31). The molecule has 3 heterocycles. The van der Waals surface area contributed by atoms with Gasteiger partial charge in [-0.05, 0) is 37.1 Å². The molecule has 11 nitrogen and oxygen atoms in total. The van der Waals surface area contributed by atoms with Gasteiger partial charge in [-0.15, -0.1) is 0 Å². The van der Waals surface area contributed by atoms with E-state index in [1.165, 1.54) is 6.26 Å². The fourth-order valence-corrected chi connectivity index (χ4v) is 5.45. The molecular formula is C23H27N7O4S. The van der Waals surface area contributed by atoms with Crippen molar-refractivity contribution in [1.29, 1.82) is 0 Å². The Morgan fingerprint density at radius 1 is 1.17 bits per heavy atom. The van der Waals surface area contributed by atoms with Gasteiger partial charge in [0.2, 0.25) is 0 Å². The summed E-state index contributed by atoms with van der Waals surface area (Å²) in [6.07, 6.45) is 5.70. The quantitative estimate of drug-likeness (QED) is 0.450. The van der Waals surface area contributed by atoms with Gasteiger partial charge in [0.1, 0.15) is 16.4 Å². The molecule has 0 unspecified atom stereocenters. The molecule has 3 N–H and O–H groups in total. The molecule has 12 heteroatoms. The minimum absolute atomic E-state index is 0.282. The van der Waals surface area contributed by atoms with Gasteiger partial charge in [0.25, 0.3) is 0 Å². The number of nitrogens with one attached hydrogen (secondary N) is 3. The van der Waals surface area contributed by atoms with Gasteiger partial charge in [0.15, 0.2) is 15.7 Å². The minimum Gasteiger partial charge on any atom is -0.378 e. The number of H-pyrrole nitrogens is 1. The van der Waals surface area contributed by atoms with Crippen molar-refractivity contribution in [3.05, 3.63) is 54.2 Å². The summed E-state index contributed by atoms with van der Waals surface area (Å²) in [5.41, 5.74) is 1.86. The number of nitrogens with zero attached hydrogens (tertiary/aromatic N) is 4. The highest BCUT2D eigenvalue weighted by molar-refractivity contribution is 7.91. The van der Waals surface area contributed by atoms with E-state index >= 15 is 0 Å². The lowest BCUT2D eigenvalue weighted by atomic mass is 10.1. The molecule has 2 fully saturated rings. The molecule has 2 aromatic heterocycles. The molecule has 0 atom stereocenters. The zero-order valence-corrected chi connectivity index (χ0v) is 20.1. The molecule has 5 rings (SSSR count). The smallest absolute Gasteiger partial charge is 0.319 e. The topological polar surface area (TPSA) is 142 Å². The summed E-state index contributed by atoms with van der Waals surface area (Å²) in [5.74, 6) is 1.81. The molecule has 1 saturated carbocycles. The number of urea groups is 1. The van der Waals surface area contributed by atoms with Crippen molar-refractivity contribution in [1.82, 2.24) is 25.3 Å². The molecule has 0 bridgehead atoms. The van der Waals surface area contributed by atoms with Gasteiger partial charge in [0.05, 0.1) is 25.5 Å². The number of hydrogen-bond donors (Lipinski definition) is 3. The maximum atomic E-state index is 12.6. The Morgan fingerprint density at radius 2 is 1.91 bits per heavy atom. The van der Waals surface area contributed by atoms with E-state index in [-0.39, 0.29) is 12.6 Å². The van der Waals surface area contributed by atoms with Crippen LogP contribution in [0.3, 0.4) is 0 Å². The van der Waals surface area contributed by atoms with Gasteiger partial charge in [-0.3, -0.25) is 0 Å². The molecule has 35 heavy (non-hydrogen) atoms. The molecule has 1 aliphatic carbocycles. The van der Waals surface area contributed by atoms with Crippen LogP contribution in [0.4, 0.5) is 16.3 Å². The molecule has 2 amide bonds. The molecule has 3 aromatic rings. The van der Waals surface area contributed by atoms with Gasteiger partial charge in [-0.2, -0.15) is 0 Å². The minimum atomic E-state index is -3.33. The van der Waals surface area contributed by atoms with Crippen LogP contribution < -0.4 is 15.5 Å². The highest BCUT2D eigenvalue weighted by atomic mass is 32.2. The lowest BCUT2D eigenvalue weighted by molar-refractivity contribution is 0.122. The van der Waals surface area contributed by atoms with Crippen molar-refractivity contribution in [3.63, 3.8) is 0 Å². The van der Waals surface area contributed by atoms with E-state index in [2.05, 4.69) is 30.5 Å². The summed E-state index contributed by atoms with van der Waals surface area (Å²) in [7, 11) is -3.33. The van der Waals surface area contributed by atoms with E-state index in [9.17, 15) is 13.2 Å². The van der Waals surface area contributed by atoms with Gasteiger partial charge in [-0.25, -0.2) is 28.2 Å². The molecule has 184 valence electrons. The van der Waals surface area contributed by atoms with Crippen LogP contribution in [0.15, 0.2) is 42.7 Å². The summed E-state index contributed by atoms with van der Waals surface area (Å²) >= 11 is 0. The Labute approximate surface area is 203 Å². The van der Waals surface area contributed by atoms with E-state index in [1.54, 1.807) is 24.5 Å². The van der Waals surface area contributed by atoms with Crippen LogP contribution in [-0.2, 0) is 25.9 Å². The van der Waals surface area contributed by atoms with Crippen LogP contribution in [0.1, 0.15) is 24.4 Å². The van der Waals surface area contributed by atoms with Crippen LogP contribution in [0.5, 0.6) is 0 Å². The Bertz CT molecular complexity index is 1300. The van der Waals surface area contributed by atoms with E-state index < -0.39 is 14.6 Å². The fraction of sp³-hybridized carbons (Fsp3) is 0.391. The number of anilines is 2. The number of morpholine rings is 1. The molecule has 1 aromatic carbocycles. The SMILES string of the molecule is CS(=O)(=O)C1(c2cc(N3CCOCC3)nc(-c3ccc(NC(=O)NCc4ncc[nH]4)cc3)n2)CC1.